The molecule has 0 amide bonds. The molecule has 130 valence electrons. The average molecular weight is 362 g/mol. The van der Waals surface area contributed by atoms with Crippen LogP contribution in [0.3, 0.4) is 0 Å². The Bertz CT molecular complexity index is 973. The van der Waals surface area contributed by atoms with Crippen LogP contribution < -0.4 is 14.8 Å². The van der Waals surface area contributed by atoms with Crippen LogP contribution in [0.4, 0.5) is 21.6 Å². The van der Waals surface area contributed by atoms with Crippen molar-refractivity contribution < 1.29 is 17.5 Å². The number of methoxy groups -OCH3 is 1. The van der Waals surface area contributed by atoms with Gasteiger partial charge in [-0.3, -0.25) is 10.00 Å². The van der Waals surface area contributed by atoms with E-state index in [2.05, 4.69) is 10.2 Å². The Morgan fingerprint density at radius 2 is 1.88 bits per heavy atom. The molecule has 3 N–H and O–H groups in total. The molecule has 0 aliphatic carbocycles. The number of nitrogens with zero attached hydrogens (tertiary/aromatic N) is 2. The van der Waals surface area contributed by atoms with Gasteiger partial charge in [0.15, 0.2) is 11.6 Å². The summed E-state index contributed by atoms with van der Waals surface area (Å²) in [5, 5.41) is 11.8. The Morgan fingerprint density at radius 3 is 2.44 bits per heavy atom. The number of ether oxygens (including phenoxy) is 1. The molecule has 1 heterocycles. The predicted molar refractivity (Wildman–Crippen MR) is 91.2 cm³/mol. The topological polar surface area (TPSA) is 101 Å². The summed E-state index contributed by atoms with van der Waals surface area (Å²) in [6, 6.07) is 12.1. The van der Waals surface area contributed by atoms with Gasteiger partial charge in [-0.25, -0.2) is 17.9 Å². The van der Waals surface area contributed by atoms with Crippen molar-refractivity contribution in [1.29, 1.82) is 0 Å². The van der Waals surface area contributed by atoms with Gasteiger partial charge < -0.3 is 4.74 Å². The van der Waals surface area contributed by atoms with Crippen molar-refractivity contribution in [2.45, 2.75) is 4.90 Å². The monoisotopic (exact) mass is 362 g/mol. The molecule has 2 aromatic carbocycles. The second-order valence-corrected chi connectivity index (χ2v) is 6.67. The van der Waals surface area contributed by atoms with Crippen LogP contribution >= 0.6 is 0 Å². The van der Waals surface area contributed by atoms with E-state index in [1.54, 1.807) is 41.4 Å². The van der Waals surface area contributed by atoms with Crippen molar-refractivity contribution in [3.8, 4) is 5.75 Å². The van der Waals surface area contributed by atoms with E-state index in [1.807, 2.05) is 0 Å². The number of anilines is 3. The molecular weight excluding hydrogens is 347 g/mol. The third-order valence-corrected chi connectivity index (χ3v) is 4.47. The van der Waals surface area contributed by atoms with E-state index in [-0.39, 0.29) is 10.6 Å². The predicted octanol–water partition coefficient (Wildman–Crippen LogP) is 2.67. The van der Waals surface area contributed by atoms with E-state index in [4.69, 9.17) is 9.88 Å². The van der Waals surface area contributed by atoms with E-state index in [0.717, 1.165) is 0 Å². The average Bonchev–Trinajstić information content (AvgIpc) is 3.09. The Hall–Kier alpha value is -2.91. The van der Waals surface area contributed by atoms with Crippen molar-refractivity contribution in [3.63, 3.8) is 0 Å². The normalized spacial score (nSPS) is 11.3. The Kier molecular flexibility index (Phi) is 4.43. The quantitative estimate of drug-likeness (QED) is 0.727. The third-order valence-electron chi connectivity index (χ3n) is 3.54. The van der Waals surface area contributed by atoms with Gasteiger partial charge in [-0.2, -0.15) is 5.10 Å². The molecular formula is C16H15FN4O3S. The zero-order valence-electron chi connectivity index (χ0n) is 13.2. The molecule has 0 radical (unpaired) electrons. The van der Waals surface area contributed by atoms with E-state index in [9.17, 15) is 12.8 Å². The molecule has 3 aromatic rings. The first-order chi connectivity index (χ1) is 11.9. The standard InChI is InChI=1S/C16H15FN4O3S/c1-24-16-13(17)3-2-4-14(16)21(15-9-10-19-20-15)11-5-7-12(8-6-11)25(18,22)23/h2-10H,1H3,(H,19,20)(H2,18,22,23). The number of nitrogens with two attached hydrogens (primary N) is 1. The number of aromatic amines is 1. The smallest absolute Gasteiger partial charge is 0.238 e. The number of H-pyrrole nitrogens is 1. The van der Waals surface area contributed by atoms with Gasteiger partial charge in [-0.05, 0) is 36.4 Å². The van der Waals surface area contributed by atoms with E-state index < -0.39 is 15.8 Å². The van der Waals surface area contributed by atoms with Gasteiger partial charge in [0.2, 0.25) is 10.0 Å². The zero-order valence-corrected chi connectivity index (χ0v) is 14.0. The van der Waals surface area contributed by atoms with Gasteiger partial charge in [0.1, 0.15) is 5.82 Å². The first kappa shape index (κ1) is 16.9. The maximum Gasteiger partial charge on any atom is 0.238 e. The van der Waals surface area contributed by atoms with E-state index >= 15 is 0 Å². The van der Waals surface area contributed by atoms with Gasteiger partial charge in [-0.1, -0.05) is 6.07 Å². The summed E-state index contributed by atoms with van der Waals surface area (Å²) in [6.45, 7) is 0. The second-order valence-electron chi connectivity index (χ2n) is 5.11. The van der Waals surface area contributed by atoms with Crippen molar-refractivity contribution >= 4 is 27.2 Å². The fraction of sp³-hybridized carbons (Fsp3) is 0.0625. The number of primary sulfonamides is 1. The molecule has 0 saturated heterocycles. The van der Waals surface area contributed by atoms with Crippen LogP contribution in [0.15, 0.2) is 59.6 Å². The molecule has 3 rings (SSSR count). The highest BCUT2D eigenvalue weighted by Gasteiger charge is 2.20. The lowest BCUT2D eigenvalue weighted by Gasteiger charge is -2.25. The summed E-state index contributed by atoms with van der Waals surface area (Å²) in [5.41, 5.74) is 0.996. The summed E-state index contributed by atoms with van der Waals surface area (Å²) in [5.74, 6) is 0.0746. The highest BCUT2D eigenvalue weighted by Crippen LogP contribution is 2.40. The molecule has 9 heteroatoms. The molecule has 0 aliphatic rings. The molecule has 0 bridgehead atoms. The van der Waals surface area contributed by atoms with Crippen molar-refractivity contribution in [2.75, 3.05) is 12.0 Å². The summed E-state index contributed by atoms with van der Waals surface area (Å²) in [4.78, 5) is 1.63. The summed E-state index contributed by atoms with van der Waals surface area (Å²) in [6.07, 6.45) is 1.55. The largest absolute Gasteiger partial charge is 0.492 e. The summed E-state index contributed by atoms with van der Waals surface area (Å²) >= 11 is 0. The number of hydrogen-bond donors (Lipinski definition) is 2. The minimum absolute atomic E-state index is 0.0213. The lowest BCUT2D eigenvalue weighted by Crippen LogP contribution is -2.14. The minimum atomic E-state index is -3.81. The number of aromatic nitrogens is 2. The Balaban J connectivity index is 2.17. The number of sulfonamides is 1. The van der Waals surface area contributed by atoms with Crippen LogP contribution in [-0.2, 0) is 10.0 Å². The first-order valence-corrected chi connectivity index (χ1v) is 8.71. The number of nitrogens with one attached hydrogen (secondary N) is 1. The lowest BCUT2D eigenvalue weighted by molar-refractivity contribution is 0.388. The molecule has 25 heavy (non-hydrogen) atoms. The molecule has 0 fully saturated rings. The lowest BCUT2D eigenvalue weighted by atomic mass is 10.2. The summed E-state index contributed by atoms with van der Waals surface area (Å²) < 4.78 is 42.2. The van der Waals surface area contributed by atoms with Gasteiger partial charge in [0.05, 0.1) is 23.9 Å². The molecule has 0 spiro atoms. The maximum absolute atomic E-state index is 14.1. The van der Waals surface area contributed by atoms with Crippen LogP contribution in [0, 0.1) is 5.82 Å². The van der Waals surface area contributed by atoms with Crippen LogP contribution in [0.25, 0.3) is 0 Å². The molecule has 0 unspecified atom stereocenters. The van der Waals surface area contributed by atoms with Crippen molar-refractivity contribution in [1.82, 2.24) is 10.2 Å². The molecule has 0 saturated carbocycles. The Labute approximate surface area is 143 Å². The third kappa shape index (κ3) is 3.32. The second kappa shape index (κ2) is 6.54. The van der Waals surface area contributed by atoms with Gasteiger partial charge in [0, 0.05) is 11.8 Å². The van der Waals surface area contributed by atoms with Crippen molar-refractivity contribution in [3.05, 3.63) is 60.5 Å². The highest BCUT2D eigenvalue weighted by atomic mass is 32.2. The summed E-state index contributed by atoms with van der Waals surface area (Å²) in [7, 11) is -2.43. The maximum atomic E-state index is 14.1. The molecule has 1 aromatic heterocycles. The molecule has 7 nitrogen and oxygen atoms in total. The number of hydrogen-bond acceptors (Lipinski definition) is 5. The van der Waals surface area contributed by atoms with Gasteiger partial charge in [0.25, 0.3) is 0 Å². The number of rotatable bonds is 5. The van der Waals surface area contributed by atoms with Gasteiger partial charge >= 0.3 is 0 Å². The highest BCUT2D eigenvalue weighted by molar-refractivity contribution is 7.89. The first-order valence-electron chi connectivity index (χ1n) is 7.16. The number of benzene rings is 2. The molecule has 0 aliphatic heterocycles. The van der Waals surface area contributed by atoms with Crippen LogP contribution in [0.1, 0.15) is 0 Å². The number of para-hydroxylation sites is 1. The minimum Gasteiger partial charge on any atom is -0.492 e. The van der Waals surface area contributed by atoms with E-state index in [1.165, 1.54) is 25.3 Å². The van der Waals surface area contributed by atoms with Gasteiger partial charge in [-0.15, -0.1) is 0 Å². The Morgan fingerprint density at radius 1 is 1.16 bits per heavy atom. The number of halogens is 1. The molecule has 0 atom stereocenters. The van der Waals surface area contributed by atoms with Crippen LogP contribution in [0.2, 0.25) is 0 Å². The van der Waals surface area contributed by atoms with Crippen LogP contribution in [-0.4, -0.2) is 25.7 Å². The SMILES string of the molecule is COc1c(F)cccc1N(c1ccc(S(N)(=O)=O)cc1)c1ccn[nH]1. The fourth-order valence-corrected chi connectivity index (χ4v) is 2.96. The zero-order chi connectivity index (χ0) is 18.0. The van der Waals surface area contributed by atoms with E-state index in [0.29, 0.717) is 17.2 Å². The fourth-order valence-electron chi connectivity index (χ4n) is 2.44. The van der Waals surface area contributed by atoms with Crippen molar-refractivity contribution in [2.24, 2.45) is 5.14 Å². The van der Waals surface area contributed by atoms with Crippen LogP contribution in [0.5, 0.6) is 5.75 Å².